The molecule has 0 aliphatic rings. The summed E-state index contributed by atoms with van der Waals surface area (Å²) >= 11 is 0. The van der Waals surface area contributed by atoms with E-state index in [2.05, 4.69) is 16.1 Å². The highest BCUT2D eigenvalue weighted by atomic mass is 32.2. The van der Waals surface area contributed by atoms with Crippen molar-refractivity contribution in [1.29, 1.82) is 0 Å². The Bertz CT molecular complexity index is 1240. The molecule has 0 saturated carbocycles. The van der Waals surface area contributed by atoms with Crippen molar-refractivity contribution in [2.24, 2.45) is 0 Å². The maximum atomic E-state index is 12.6. The average Bonchev–Trinajstić information content (AvgIpc) is 2.71. The highest BCUT2D eigenvalue weighted by Gasteiger charge is 2.18. The first-order chi connectivity index (χ1) is 15.0. The number of amides is 1. The molecule has 1 atom stereocenters. The van der Waals surface area contributed by atoms with Crippen molar-refractivity contribution in [1.82, 2.24) is 0 Å². The Balaban J connectivity index is 1.66. The maximum Gasteiger partial charge on any atom is 0.265 e. The molecule has 0 fully saturated rings. The molecule has 2 N–H and O–H groups in total. The summed E-state index contributed by atoms with van der Waals surface area (Å²) in [5, 5.41) is 2.77. The molecule has 32 heavy (non-hydrogen) atoms. The molecule has 7 heteroatoms. The Hall–Kier alpha value is -3.32. The Morgan fingerprint density at radius 3 is 2.22 bits per heavy atom. The van der Waals surface area contributed by atoms with Crippen LogP contribution in [0.2, 0.25) is 0 Å². The summed E-state index contributed by atoms with van der Waals surface area (Å²) in [4.78, 5) is 12.7. The molecule has 0 spiro atoms. The number of aryl methyl sites for hydroxylation is 3. The smallest absolute Gasteiger partial charge is 0.265 e. The molecule has 6 nitrogen and oxygen atoms in total. The van der Waals surface area contributed by atoms with Gasteiger partial charge in [-0.25, -0.2) is 8.42 Å². The van der Waals surface area contributed by atoms with Gasteiger partial charge in [0.25, 0.3) is 15.9 Å². The number of anilines is 2. The van der Waals surface area contributed by atoms with Crippen molar-refractivity contribution in [3.8, 4) is 5.75 Å². The average molecular weight is 453 g/mol. The summed E-state index contributed by atoms with van der Waals surface area (Å²) in [6, 6.07) is 17.1. The summed E-state index contributed by atoms with van der Waals surface area (Å²) in [7, 11) is -3.73. The van der Waals surface area contributed by atoms with Gasteiger partial charge in [-0.15, -0.1) is 0 Å². The number of ether oxygens (including phenoxy) is 1. The van der Waals surface area contributed by atoms with Crippen molar-refractivity contribution < 1.29 is 17.9 Å². The van der Waals surface area contributed by atoms with Crippen molar-refractivity contribution in [2.45, 2.75) is 45.6 Å². The fourth-order valence-corrected chi connectivity index (χ4v) is 4.30. The van der Waals surface area contributed by atoms with Crippen LogP contribution < -0.4 is 14.8 Å². The summed E-state index contributed by atoms with van der Waals surface area (Å²) < 4.78 is 33.7. The van der Waals surface area contributed by atoms with Gasteiger partial charge in [-0.3, -0.25) is 9.52 Å². The number of nitrogens with one attached hydrogen (secondary N) is 2. The summed E-state index contributed by atoms with van der Waals surface area (Å²) in [6.45, 7) is 9.51. The van der Waals surface area contributed by atoms with Gasteiger partial charge in [0.2, 0.25) is 0 Å². The monoisotopic (exact) mass is 452 g/mol. The molecule has 0 unspecified atom stereocenters. The molecular weight excluding hydrogens is 424 g/mol. The molecule has 1 amide bonds. The molecule has 0 aromatic heterocycles. The van der Waals surface area contributed by atoms with Crippen LogP contribution in [0.15, 0.2) is 65.6 Å². The fourth-order valence-electron chi connectivity index (χ4n) is 3.25. The van der Waals surface area contributed by atoms with E-state index in [0.29, 0.717) is 17.1 Å². The molecule has 0 aliphatic carbocycles. The largest absolute Gasteiger partial charge is 0.481 e. The zero-order valence-electron chi connectivity index (χ0n) is 18.9. The van der Waals surface area contributed by atoms with E-state index in [-0.39, 0.29) is 10.8 Å². The van der Waals surface area contributed by atoms with E-state index < -0.39 is 16.1 Å². The minimum Gasteiger partial charge on any atom is -0.481 e. The molecule has 0 aliphatic heterocycles. The van der Waals surface area contributed by atoms with Gasteiger partial charge in [-0.1, -0.05) is 18.2 Å². The van der Waals surface area contributed by atoms with E-state index in [9.17, 15) is 13.2 Å². The lowest BCUT2D eigenvalue weighted by molar-refractivity contribution is -0.122. The van der Waals surface area contributed by atoms with Crippen LogP contribution in [0.4, 0.5) is 11.4 Å². The van der Waals surface area contributed by atoms with Crippen LogP contribution in [0.3, 0.4) is 0 Å². The lowest BCUT2D eigenvalue weighted by Crippen LogP contribution is -2.30. The second kappa shape index (κ2) is 9.44. The summed E-state index contributed by atoms with van der Waals surface area (Å²) in [6.07, 6.45) is -0.721. The molecule has 3 aromatic rings. The number of carbonyl (C=O) groups is 1. The zero-order chi connectivity index (χ0) is 23.5. The van der Waals surface area contributed by atoms with Crippen molar-refractivity contribution in [2.75, 3.05) is 10.0 Å². The molecule has 0 heterocycles. The van der Waals surface area contributed by atoms with Crippen LogP contribution in [0, 0.1) is 27.7 Å². The predicted molar refractivity (Wildman–Crippen MR) is 128 cm³/mol. The summed E-state index contributed by atoms with van der Waals surface area (Å²) in [5.74, 6) is 0.353. The van der Waals surface area contributed by atoms with E-state index in [0.717, 1.165) is 22.3 Å². The van der Waals surface area contributed by atoms with E-state index in [1.165, 1.54) is 12.1 Å². The lowest BCUT2D eigenvalue weighted by Gasteiger charge is -2.18. The van der Waals surface area contributed by atoms with E-state index in [1.54, 1.807) is 37.3 Å². The number of rotatable bonds is 7. The molecular formula is C25H28N2O4S. The quantitative estimate of drug-likeness (QED) is 0.521. The third kappa shape index (κ3) is 5.68. The van der Waals surface area contributed by atoms with Crippen molar-refractivity contribution in [3.63, 3.8) is 0 Å². The number of carbonyl (C=O) groups excluding carboxylic acids is 1. The van der Waals surface area contributed by atoms with Gasteiger partial charge in [-0.05, 0) is 99.3 Å². The number of benzene rings is 3. The minimum atomic E-state index is -3.73. The standard InChI is InChI=1S/C25H28N2O4S/c1-16-7-6-8-22(14-16)27-32(29,30)23-11-9-21(10-12-23)26-25(28)20(5)31-24-15-17(2)13-18(3)19(24)4/h6-15,20,27H,1-5H3,(H,26,28)/t20-/m1/s1. The number of hydrogen-bond donors (Lipinski definition) is 2. The van der Waals surface area contributed by atoms with E-state index >= 15 is 0 Å². The van der Waals surface area contributed by atoms with Crippen LogP contribution in [-0.2, 0) is 14.8 Å². The van der Waals surface area contributed by atoms with E-state index in [4.69, 9.17) is 4.74 Å². The van der Waals surface area contributed by atoms with Crippen LogP contribution >= 0.6 is 0 Å². The lowest BCUT2D eigenvalue weighted by atomic mass is 10.1. The van der Waals surface area contributed by atoms with Crippen molar-refractivity contribution >= 4 is 27.3 Å². The van der Waals surface area contributed by atoms with Gasteiger partial charge in [0.05, 0.1) is 4.90 Å². The molecule has 168 valence electrons. The first-order valence-electron chi connectivity index (χ1n) is 10.3. The molecule has 0 saturated heterocycles. The molecule has 3 rings (SSSR count). The van der Waals surface area contributed by atoms with Gasteiger partial charge < -0.3 is 10.1 Å². The number of hydrogen-bond acceptors (Lipinski definition) is 4. The zero-order valence-corrected chi connectivity index (χ0v) is 19.7. The third-order valence-corrected chi connectivity index (χ3v) is 6.54. The minimum absolute atomic E-state index is 0.104. The molecule has 0 radical (unpaired) electrons. The first-order valence-corrected chi connectivity index (χ1v) is 11.8. The number of sulfonamides is 1. The Morgan fingerprint density at radius 1 is 0.875 bits per heavy atom. The third-order valence-electron chi connectivity index (χ3n) is 5.14. The Kier molecular flexibility index (Phi) is 6.89. The van der Waals surface area contributed by atoms with Crippen LogP contribution in [-0.4, -0.2) is 20.4 Å². The van der Waals surface area contributed by atoms with Gasteiger partial charge in [0.1, 0.15) is 5.75 Å². The van der Waals surface area contributed by atoms with Gasteiger partial charge in [0.15, 0.2) is 6.10 Å². The maximum absolute atomic E-state index is 12.6. The fraction of sp³-hybridized carbons (Fsp3) is 0.240. The SMILES string of the molecule is Cc1cccc(NS(=O)(=O)c2ccc(NC(=O)[C@@H](C)Oc3cc(C)cc(C)c3C)cc2)c1. The normalized spacial score (nSPS) is 12.2. The Morgan fingerprint density at radius 2 is 1.56 bits per heavy atom. The second-order valence-electron chi connectivity index (χ2n) is 7.95. The molecule has 0 bridgehead atoms. The topological polar surface area (TPSA) is 84.5 Å². The molecule has 3 aromatic carbocycles. The van der Waals surface area contributed by atoms with Gasteiger partial charge >= 0.3 is 0 Å². The van der Waals surface area contributed by atoms with Gasteiger partial charge in [-0.2, -0.15) is 0 Å². The van der Waals surface area contributed by atoms with Crippen LogP contribution in [0.5, 0.6) is 5.75 Å². The van der Waals surface area contributed by atoms with E-state index in [1.807, 2.05) is 39.8 Å². The predicted octanol–water partition coefficient (Wildman–Crippen LogP) is 5.13. The summed E-state index contributed by atoms with van der Waals surface area (Å²) in [5.41, 5.74) is 5.09. The van der Waals surface area contributed by atoms with Crippen LogP contribution in [0.1, 0.15) is 29.2 Å². The highest BCUT2D eigenvalue weighted by Crippen LogP contribution is 2.25. The van der Waals surface area contributed by atoms with Gasteiger partial charge in [0, 0.05) is 11.4 Å². The second-order valence-corrected chi connectivity index (χ2v) is 9.64. The highest BCUT2D eigenvalue weighted by molar-refractivity contribution is 7.92. The van der Waals surface area contributed by atoms with Crippen molar-refractivity contribution in [3.05, 3.63) is 82.9 Å². The van der Waals surface area contributed by atoms with Crippen LogP contribution in [0.25, 0.3) is 0 Å². The first kappa shape index (κ1) is 23.3. The Labute approximate surface area is 189 Å².